The Bertz CT molecular complexity index is 3700. The van der Waals surface area contributed by atoms with Gasteiger partial charge in [0.25, 0.3) is 0 Å². The van der Waals surface area contributed by atoms with Gasteiger partial charge < -0.3 is 28.8 Å². The Morgan fingerprint density at radius 1 is 0.618 bits per heavy atom. The molecule has 378 valence electrons. The van der Waals surface area contributed by atoms with Crippen LogP contribution >= 0.6 is 22.7 Å². The molecule has 0 amide bonds. The summed E-state index contributed by atoms with van der Waals surface area (Å²) >= 11 is 2.83. The molecular weight excluding hydrogens is 989 g/mol. The molecule has 0 aliphatic carbocycles. The number of rotatable bonds is 18. The van der Waals surface area contributed by atoms with E-state index in [1.807, 2.05) is 97.1 Å². The molecule has 0 bridgehead atoms. The van der Waals surface area contributed by atoms with Crippen molar-refractivity contribution in [1.82, 2.24) is 19.1 Å². The van der Waals surface area contributed by atoms with Gasteiger partial charge in [0.2, 0.25) is 5.70 Å². The molecule has 0 aliphatic rings. The Kier molecular flexibility index (Phi) is 14.6. The molecule has 2 unspecified atom stereocenters. The highest BCUT2D eigenvalue weighted by atomic mass is 32.1. The van der Waals surface area contributed by atoms with Crippen molar-refractivity contribution in [3.63, 3.8) is 0 Å². The lowest BCUT2D eigenvalue weighted by Gasteiger charge is -2.17. The third kappa shape index (κ3) is 10.1. The number of ether oxygens (including phenoxy) is 2. The molecule has 12 nitrogen and oxygen atoms in total. The Morgan fingerprint density at radius 3 is 1.46 bits per heavy atom. The van der Waals surface area contributed by atoms with Crippen molar-refractivity contribution in [1.29, 1.82) is 5.26 Å². The minimum atomic E-state index is -1.05. The molecule has 14 heteroatoms. The minimum absolute atomic E-state index is 0.132. The Hall–Kier alpha value is -8.82. The zero-order valence-corrected chi connectivity index (χ0v) is 43.9. The van der Waals surface area contributed by atoms with Gasteiger partial charge in [0.15, 0.2) is 0 Å². The van der Waals surface area contributed by atoms with Crippen LogP contribution in [0.1, 0.15) is 82.4 Å². The van der Waals surface area contributed by atoms with Gasteiger partial charge in [0, 0.05) is 23.9 Å². The summed E-state index contributed by atoms with van der Waals surface area (Å²) in [5.74, 6) is -0.0674. The average molecular weight is 1040 g/mol. The lowest BCUT2D eigenvalue weighted by atomic mass is 10.0. The van der Waals surface area contributed by atoms with Crippen LogP contribution in [0, 0.1) is 29.7 Å². The molecule has 0 radical (unpaired) electrons. The summed E-state index contributed by atoms with van der Waals surface area (Å²) in [6.07, 6.45) is 1.92. The highest BCUT2D eigenvalue weighted by Crippen LogP contribution is 2.39. The number of nitrogens with zero attached hydrogens (tertiary/aromatic N) is 6. The van der Waals surface area contributed by atoms with Crippen LogP contribution in [0.15, 0.2) is 146 Å². The van der Waals surface area contributed by atoms with E-state index >= 15 is 0 Å². The molecule has 10 aromatic rings. The molecule has 6 aromatic carbocycles. The topological polar surface area (TPSA) is 157 Å². The first-order valence-electron chi connectivity index (χ1n) is 25.1. The molecule has 0 saturated carbocycles. The summed E-state index contributed by atoms with van der Waals surface area (Å²) in [5.41, 5.74) is 6.71. The summed E-state index contributed by atoms with van der Waals surface area (Å²) in [4.78, 5) is 39.0. The number of thiazole rings is 2. The maximum Gasteiger partial charge on any atom is 0.335 e. The first-order chi connectivity index (χ1) is 37.0. The average Bonchev–Trinajstić information content (AvgIpc) is 4.29. The Morgan fingerprint density at radius 2 is 1.04 bits per heavy atom. The summed E-state index contributed by atoms with van der Waals surface area (Å²) < 4.78 is 18.7. The predicted molar refractivity (Wildman–Crippen MR) is 301 cm³/mol. The van der Waals surface area contributed by atoms with Gasteiger partial charge in [-0.2, -0.15) is 5.26 Å². The quantitative estimate of drug-likeness (QED) is 0.0798. The second-order valence-corrected chi connectivity index (χ2v) is 21.0. The van der Waals surface area contributed by atoms with Crippen molar-refractivity contribution < 1.29 is 29.3 Å². The number of carbonyl (C=O) groups is 2. The molecule has 0 saturated heterocycles. The van der Waals surface area contributed by atoms with E-state index in [9.17, 15) is 31.6 Å². The zero-order chi connectivity index (χ0) is 53.0. The number of carboxylic acid groups (broad SMARTS) is 2. The third-order valence-electron chi connectivity index (χ3n) is 13.8. The van der Waals surface area contributed by atoms with Gasteiger partial charge in [-0.05, 0) is 131 Å². The van der Waals surface area contributed by atoms with Crippen LogP contribution in [0.25, 0.3) is 69.8 Å². The molecule has 2 atom stereocenters. The smallest absolute Gasteiger partial charge is 0.335 e. The monoisotopic (exact) mass is 1040 g/mol. The molecular formula is C62H52N6O6S2. The maximum absolute atomic E-state index is 12.2. The highest BCUT2D eigenvalue weighted by Gasteiger charge is 2.30. The second kappa shape index (κ2) is 21.9. The third-order valence-corrected chi connectivity index (χ3v) is 15.9. The summed E-state index contributed by atoms with van der Waals surface area (Å²) in [7, 11) is 0. The van der Waals surface area contributed by atoms with Crippen LogP contribution in [0.4, 0.5) is 0 Å². The fourth-order valence-electron chi connectivity index (χ4n) is 9.24. The van der Waals surface area contributed by atoms with Gasteiger partial charge in [-0.25, -0.2) is 24.4 Å². The minimum Gasteiger partial charge on any atom is -0.493 e. The number of nitriles is 1. The van der Waals surface area contributed by atoms with E-state index in [2.05, 4.69) is 47.7 Å². The summed E-state index contributed by atoms with van der Waals surface area (Å²) in [6.45, 7) is 19.2. The van der Waals surface area contributed by atoms with Gasteiger partial charge in [0.05, 0.1) is 73.4 Å². The van der Waals surface area contributed by atoms with Crippen LogP contribution in [0.3, 0.4) is 0 Å². The Balaban J connectivity index is 1.43. The normalized spacial score (nSPS) is 13.0. The van der Waals surface area contributed by atoms with E-state index in [1.165, 1.54) is 22.7 Å². The molecule has 0 fully saturated rings. The van der Waals surface area contributed by atoms with Crippen LogP contribution in [0.5, 0.6) is 11.5 Å². The van der Waals surface area contributed by atoms with Crippen molar-refractivity contribution in [3.05, 3.63) is 200 Å². The first kappa shape index (κ1) is 50.7. The standard InChI is InChI=1S/C62H52N6O6S2/c1-6-37(3)35-73-45-28-24-41(25-29-45)55-52-53(58(68(55)34-40-18-22-44(23-19-40)62(71)72)54(64-5)60-66-49-13-9-11-15-51(49)76-60)56(42-26-30-46(31-27-42)74-36-38(4)7-2)67(33-39-16-20-43(21-17-39)61(69)70)57(52)47(32-63)59-65-48-12-8-10-14-50(48)75-59/h8-31,37-38H,6-7,33-36H2,1-4H3,(H,69,70)(H,71,72)/b57-47-,58-54+. The van der Waals surface area contributed by atoms with Gasteiger partial charge in [-0.1, -0.05) is 89.1 Å². The SMILES string of the molecule is [C-]#[N+]/C(c1nc2ccccc2s1)=c1\c2c(-c3ccc(OCC(C)CC)cc3)n(Cc3ccc(C(=O)O)cc3)/c(=C(/C#N)c3nc4ccccc4s3)c2c(-c2ccc(OCC(C)CC)cc2)n1Cc1ccc(C(=O)O)cc1. The van der Waals surface area contributed by atoms with Crippen molar-refractivity contribution in [2.75, 3.05) is 13.2 Å². The number of aromatic carboxylic acids is 2. The van der Waals surface area contributed by atoms with E-state index in [-0.39, 0.29) is 29.9 Å². The van der Waals surface area contributed by atoms with Gasteiger partial charge >= 0.3 is 11.9 Å². The molecule has 10 rings (SSSR count). The van der Waals surface area contributed by atoms with Crippen molar-refractivity contribution in [3.8, 4) is 40.1 Å². The molecule has 76 heavy (non-hydrogen) atoms. The van der Waals surface area contributed by atoms with Gasteiger partial charge in [-0.3, -0.25) is 0 Å². The molecule has 0 spiro atoms. The zero-order valence-electron chi connectivity index (χ0n) is 42.3. The number of carboxylic acids is 2. The van der Waals surface area contributed by atoms with Crippen LogP contribution in [-0.2, 0) is 13.1 Å². The fourth-order valence-corrected chi connectivity index (χ4v) is 11.2. The molecule has 2 N–H and O–H groups in total. The lowest BCUT2D eigenvalue weighted by Crippen LogP contribution is -2.25. The molecule has 4 heterocycles. The van der Waals surface area contributed by atoms with Crippen LogP contribution in [-0.4, -0.2) is 54.5 Å². The van der Waals surface area contributed by atoms with Crippen molar-refractivity contribution >= 4 is 77.1 Å². The van der Waals surface area contributed by atoms with Gasteiger partial charge in [0.1, 0.15) is 33.2 Å². The number of hydrogen-bond acceptors (Lipinski definition) is 9. The Labute approximate surface area is 447 Å². The number of hydrogen-bond donors (Lipinski definition) is 2. The summed E-state index contributed by atoms with van der Waals surface area (Å²) in [6, 6.07) is 47.4. The molecule has 4 aromatic heterocycles. The number of aromatic nitrogens is 4. The van der Waals surface area contributed by atoms with Crippen LogP contribution < -0.4 is 20.2 Å². The second-order valence-electron chi connectivity index (χ2n) is 18.9. The molecule has 0 aliphatic heterocycles. The van der Waals surface area contributed by atoms with Gasteiger partial charge in [-0.15, -0.1) is 22.7 Å². The number of para-hydroxylation sites is 2. The first-order valence-corrected chi connectivity index (χ1v) is 26.7. The lowest BCUT2D eigenvalue weighted by molar-refractivity contribution is 0.0686. The van der Waals surface area contributed by atoms with Crippen LogP contribution in [0.2, 0.25) is 0 Å². The van der Waals surface area contributed by atoms with Crippen molar-refractivity contribution in [2.24, 2.45) is 11.8 Å². The predicted octanol–water partition coefficient (Wildman–Crippen LogP) is 13.1. The van der Waals surface area contributed by atoms with E-state index in [1.54, 1.807) is 48.5 Å². The number of benzene rings is 6. The van der Waals surface area contributed by atoms with E-state index in [4.69, 9.17) is 19.4 Å². The van der Waals surface area contributed by atoms with Crippen molar-refractivity contribution in [2.45, 2.75) is 53.6 Å². The fraction of sp³-hybridized carbons (Fsp3) is 0.194. The van der Waals surface area contributed by atoms with E-state index in [0.29, 0.717) is 85.0 Å². The highest BCUT2D eigenvalue weighted by molar-refractivity contribution is 7.20. The summed E-state index contributed by atoms with van der Waals surface area (Å²) in [5, 5.41) is 35.1. The number of fused-ring (bicyclic) bond motifs is 3. The van der Waals surface area contributed by atoms with E-state index < -0.39 is 11.9 Å². The largest absolute Gasteiger partial charge is 0.493 e. The maximum atomic E-state index is 12.2. The van der Waals surface area contributed by atoms with E-state index in [0.717, 1.165) is 55.5 Å².